The highest BCUT2D eigenvalue weighted by molar-refractivity contribution is 5.99. The molecule has 29 nitrogen and oxygen atoms in total. The molecular formula is C56H87N13O16. The van der Waals surface area contributed by atoms with Gasteiger partial charge < -0.3 is 82.7 Å². The highest BCUT2D eigenvalue weighted by Crippen LogP contribution is 2.14. The fourth-order valence-electron chi connectivity index (χ4n) is 8.29. The molecule has 1 saturated heterocycles. The van der Waals surface area contributed by atoms with Crippen molar-refractivity contribution in [2.24, 2.45) is 5.92 Å². The normalized spacial score (nSPS) is 21.6. The van der Waals surface area contributed by atoms with Crippen LogP contribution in [0.15, 0.2) is 47.5 Å². The number of carbonyl (C=O) groups excluding carboxylic acids is 11. The number of aryl methyl sites for hydroxylation is 1. The lowest BCUT2D eigenvalue weighted by Gasteiger charge is -2.29. The number of hydrogen-bond donors (Lipinski definition) is 13. The number of alkyl carbamates (subject to hydrolysis) is 2. The quantitative estimate of drug-likeness (QED) is 0.0560. The molecule has 9 atom stereocenters. The average molecular weight is 1200 g/mol. The topological polar surface area (TPSA) is 418 Å². The summed E-state index contributed by atoms with van der Waals surface area (Å²) in [5.41, 5.74) is -1.26. The number of rotatable bonds is 21. The minimum absolute atomic E-state index is 0.0178. The number of unbranched alkanes of at least 4 members (excludes halogenated alkanes) is 2. The van der Waals surface area contributed by atoms with Gasteiger partial charge in [0, 0.05) is 33.0 Å². The number of hydrogen-bond acceptors (Lipinski definition) is 18. The molecule has 3 rings (SSSR count). The summed E-state index contributed by atoms with van der Waals surface area (Å²) in [6.07, 6.45) is -1.72. The van der Waals surface area contributed by atoms with Crippen LogP contribution in [0, 0.1) is 12.8 Å². The van der Waals surface area contributed by atoms with Crippen LogP contribution in [0.5, 0.6) is 0 Å². The van der Waals surface area contributed by atoms with Crippen molar-refractivity contribution in [3.8, 4) is 0 Å². The lowest BCUT2D eigenvalue weighted by atomic mass is 10.00. The van der Waals surface area contributed by atoms with Crippen LogP contribution in [0.2, 0.25) is 0 Å². The summed E-state index contributed by atoms with van der Waals surface area (Å²) in [4.78, 5) is 158. The van der Waals surface area contributed by atoms with Gasteiger partial charge in [-0.2, -0.15) is 4.98 Å². The molecule has 29 heteroatoms. The molecule has 472 valence electrons. The van der Waals surface area contributed by atoms with Gasteiger partial charge in [0.1, 0.15) is 59.5 Å². The summed E-state index contributed by atoms with van der Waals surface area (Å²) in [6, 6.07) is -4.07. The predicted molar refractivity (Wildman–Crippen MR) is 306 cm³/mol. The van der Waals surface area contributed by atoms with Crippen molar-refractivity contribution in [1.82, 2.24) is 68.6 Å². The van der Waals surface area contributed by atoms with E-state index in [1.54, 1.807) is 91.8 Å². The van der Waals surface area contributed by atoms with E-state index in [0.29, 0.717) is 24.8 Å². The Labute approximate surface area is 494 Å². The number of aliphatic hydroxyl groups is 2. The van der Waals surface area contributed by atoms with Crippen LogP contribution in [-0.4, -0.2) is 178 Å². The molecule has 11 amide bonds. The summed E-state index contributed by atoms with van der Waals surface area (Å²) in [7, 11) is 0. The molecule has 1 aromatic carbocycles. The van der Waals surface area contributed by atoms with Crippen LogP contribution in [0.4, 0.5) is 9.59 Å². The highest BCUT2D eigenvalue weighted by atomic mass is 16.6. The maximum Gasteiger partial charge on any atom is 0.407 e. The van der Waals surface area contributed by atoms with E-state index >= 15 is 0 Å². The molecule has 0 saturated carbocycles. The van der Waals surface area contributed by atoms with Gasteiger partial charge in [0.05, 0.1) is 12.7 Å². The third-order valence-electron chi connectivity index (χ3n) is 12.5. The van der Waals surface area contributed by atoms with Crippen LogP contribution in [0.3, 0.4) is 0 Å². The third-order valence-corrected chi connectivity index (χ3v) is 12.5. The van der Waals surface area contributed by atoms with Gasteiger partial charge in [-0.25, -0.2) is 9.59 Å². The second-order valence-corrected chi connectivity index (χ2v) is 22.8. The number of amides is 11. The van der Waals surface area contributed by atoms with E-state index < -0.39 is 156 Å². The first kappa shape index (κ1) is 71.1. The van der Waals surface area contributed by atoms with E-state index in [-0.39, 0.29) is 57.0 Å². The number of nitrogens with one attached hydrogen (secondary N) is 11. The van der Waals surface area contributed by atoms with E-state index in [2.05, 4.69) is 75.2 Å². The molecule has 1 fully saturated rings. The fourth-order valence-corrected chi connectivity index (χ4v) is 8.29. The van der Waals surface area contributed by atoms with Gasteiger partial charge >= 0.3 is 12.2 Å². The second kappa shape index (κ2) is 34.5. The Morgan fingerprint density at radius 1 is 0.718 bits per heavy atom. The van der Waals surface area contributed by atoms with Crippen molar-refractivity contribution < 1.29 is 76.9 Å². The summed E-state index contributed by atoms with van der Waals surface area (Å²) in [5.74, 6) is -9.60. The number of nitrogens with zero attached hydrogens (tertiary/aromatic N) is 2. The number of allylic oxidation sites excluding steroid dienone is 1. The molecule has 0 bridgehead atoms. The zero-order valence-electron chi connectivity index (χ0n) is 50.1. The summed E-state index contributed by atoms with van der Waals surface area (Å²) < 4.78 is 15.5. The average Bonchev–Trinajstić information content (AvgIpc) is 4.05. The third kappa shape index (κ3) is 26.5. The second-order valence-electron chi connectivity index (χ2n) is 22.8. The predicted octanol–water partition coefficient (Wildman–Crippen LogP) is -0.372. The van der Waals surface area contributed by atoms with Crippen molar-refractivity contribution in [2.45, 2.75) is 193 Å². The zero-order valence-corrected chi connectivity index (χ0v) is 50.1. The van der Waals surface area contributed by atoms with Crippen LogP contribution in [0.25, 0.3) is 0 Å². The number of carbonyl (C=O) groups is 11. The Morgan fingerprint density at radius 2 is 1.22 bits per heavy atom. The van der Waals surface area contributed by atoms with E-state index in [0.717, 1.165) is 0 Å². The molecule has 0 radical (unpaired) electrons. The number of benzene rings is 1. The standard InChI is InChI=1S/C56H87N13O16/c1-12-13-14-18-21-35-44(72)66-40(29-34-19-16-15-17-20-34)49(77)65-39(28-31(2)3)48(76)63-37(23-26-58-53(81)83-55(6,7)8)46(74)62-38(24-27-59-54(82)84-56(9,10)11)47(75)68-42(32(4)71)51(79)57-25-22-36(45(73)61-35)64-50(78)41(30-70)67-52(80)43-60-33(5)85-69-43/h12,15-17,19-20,31-32,35-42,70-71H,1,13-14,18,21-30H2,2-11H3,(H,57,79)(H,58,81)(H,59,82)(H,61,73)(H,62,74)(H,63,76)(H,64,78)(H,65,77)(H,66,72)(H,67,80)(H,68,75)/t32-,35+,36+,37+,38+,39+,40-,41-,42+/m1/s1. The van der Waals surface area contributed by atoms with Gasteiger partial charge in [0.15, 0.2) is 0 Å². The largest absolute Gasteiger partial charge is 0.444 e. The monoisotopic (exact) mass is 1200 g/mol. The van der Waals surface area contributed by atoms with Crippen molar-refractivity contribution in [3.05, 3.63) is 60.3 Å². The SMILES string of the molecule is C=CCCCC[C@@H]1NC(=O)[C@@H](NC(=O)[C@@H](CO)NC(=O)c2noc(C)n2)CCNC(=O)[C@H]([C@@H](C)O)NC(=O)[C@H](CCNC(=O)OC(C)(C)C)NC(=O)[C@H](CCNC(=O)OC(C)(C)C)NC(=O)[C@H](CC(C)C)NC(=O)[C@@H](Cc2ccccc2)NC1=O. The van der Waals surface area contributed by atoms with Gasteiger partial charge in [-0.05, 0) is 105 Å². The Bertz CT molecular complexity index is 2600. The minimum Gasteiger partial charge on any atom is -0.444 e. The lowest BCUT2D eigenvalue weighted by molar-refractivity contribution is -0.136. The molecule has 1 aliphatic rings. The van der Waals surface area contributed by atoms with Gasteiger partial charge in [0.25, 0.3) is 11.7 Å². The van der Waals surface area contributed by atoms with Crippen molar-refractivity contribution in [1.29, 1.82) is 0 Å². The Balaban J connectivity index is 2.24. The fraction of sp³-hybridized carbons (Fsp3) is 0.625. The number of aliphatic hydroxyl groups excluding tert-OH is 2. The molecule has 0 spiro atoms. The molecule has 1 aliphatic heterocycles. The zero-order chi connectivity index (χ0) is 63.6. The molecular weight excluding hydrogens is 1110 g/mol. The van der Waals surface area contributed by atoms with Crippen LogP contribution in [-0.2, 0) is 54.3 Å². The van der Waals surface area contributed by atoms with Crippen LogP contribution >= 0.6 is 0 Å². The van der Waals surface area contributed by atoms with Crippen molar-refractivity contribution in [2.75, 3.05) is 26.2 Å². The highest BCUT2D eigenvalue weighted by Gasteiger charge is 2.37. The lowest BCUT2D eigenvalue weighted by Crippen LogP contribution is -2.61. The smallest absolute Gasteiger partial charge is 0.407 e. The molecule has 2 aromatic rings. The van der Waals surface area contributed by atoms with E-state index in [1.165, 1.54) is 13.8 Å². The van der Waals surface area contributed by atoms with Gasteiger partial charge in [-0.3, -0.25) is 43.2 Å². The van der Waals surface area contributed by atoms with Crippen LogP contribution < -0.4 is 58.5 Å². The first-order chi connectivity index (χ1) is 39.9. The Kier molecular flexibility index (Phi) is 28.9. The first-order valence-electron chi connectivity index (χ1n) is 28.3. The van der Waals surface area contributed by atoms with Crippen LogP contribution in [0.1, 0.15) is 136 Å². The Morgan fingerprint density at radius 3 is 1.73 bits per heavy atom. The number of ether oxygens (including phenoxy) is 2. The van der Waals surface area contributed by atoms with Crippen molar-refractivity contribution in [3.63, 3.8) is 0 Å². The first-order valence-corrected chi connectivity index (χ1v) is 28.3. The van der Waals surface area contributed by atoms with Crippen molar-refractivity contribution >= 4 is 65.4 Å². The summed E-state index contributed by atoms with van der Waals surface area (Å²) in [5, 5.41) is 52.7. The minimum atomic E-state index is -1.78. The maximum atomic E-state index is 14.7. The molecule has 0 aliphatic carbocycles. The molecule has 0 unspecified atom stereocenters. The van der Waals surface area contributed by atoms with Gasteiger partial charge in [0.2, 0.25) is 53.1 Å². The number of aromatic nitrogens is 2. The molecule has 85 heavy (non-hydrogen) atoms. The van der Waals surface area contributed by atoms with Gasteiger partial charge in [-0.1, -0.05) is 61.8 Å². The molecule has 2 heterocycles. The molecule has 1 aromatic heterocycles. The van der Waals surface area contributed by atoms with E-state index in [9.17, 15) is 63.0 Å². The Hall–Kier alpha value is -8.21. The molecule has 13 N–H and O–H groups in total. The van der Waals surface area contributed by atoms with E-state index in [1.807, 2.05) is 0 Å². The summed E-state index contributed by atoms with van der Waals surface area (Å²) in [6.45, 7) is 17.5. The van der Waals surface area contributed by atoms with Gasteiger partial charge in [-0.15, -0.1) is 6.58 Å². The maximum absolute atomic E-state index is 14.7. The summed E-state index contributed by atoms with van der Waals surface area (Å²) >= 11 is 0. The van der Waals surface area contributed by atoms with E-state index in [4.69, 9.17) is 14.0 Å².